The monoisotopic (exact) mass is 465 g/mol. The van der Waals surface area contributed by atoms with Crippen LogP contribution in [0.3, 0.4) is 0 Å². The molecule has 7 nitrogen and oxygen atoms in total. The number of esters is 1. The van der Waals surface area contributed by atoms with E-state index in [-0.39, 0.29) is 5.97 Å². The highest BCUT2D eigenvalue weighted by molar-refractivity contribution is 7.20. The van der Waals surface area contributed by atoms with Crippen molar-refractivity contribution in [2.45, 2.75) is 26.4 Å². The molecule has 0 atom stereocenters. The fraction of sp³-hybridized carbons (Fsp3) is 0.429. The van der Waals surface area contributed by atoms with E-state index in [1.54, 1.807) is 6.92 Å². The molecule has 0 aromatic carbocycles. The first kappa shape index (κ1) is 22.3. The number of alkyl halides is 3. The van der Waals surface area contributed by atoms with Gasteiger partial charge in [-0.15, -0.1) is 11.3 Å². The maximum atomic E-state index is 12.8. The van der Waals surface area contributed by atoms with Crippen molar-refractivity contribution in [1.82, 2.24) is 15.0 Å². The standard InChI is InChI=1S/C21H22F3N5O2S/c1-3-31-20(30)17-13(2)16-18(26-12-27-19(16)32-17)29-8-4-7-28(9-10-29)15-6-5-14(11-25-15)21(22,23)24/h5-6,11-12H,3-4,7-10H2,1-2H3. The number of anilines is 2. The Labute approximate surface area is 186 Å². The number of thiophene rings is 1. The van der Waals surface area contributed by atoms with Crippen LogP contribution in [-0.4, -0.2) is 53.7 Å². The highest BCUT2D eigenvalue weighted by Gasteiger charge is 2.31. The third-order valence-corrected chi connectivity index (χ3v) is 6.54. The molecule has 1 fully saturated rings. The third kappa shape index (κ3) is 4.34. The van der Waals surface area contributed by atoms with Gasteiger partial charge in [-0.25, -0.2) is 19.7 Å². The summed E-state index contributed by atoms with van der Waals surface area (Å²) in [5, 5.41) is 0.835. The lowest BCUT2D eigenvalue weighted by molar-refractivity contribution is -0.137. The fourth-order valence-corrected chi connectivity index (χ4v) is 4.82. The Bertz CT molecular complexity index is 1120. The molecule has 3 aromatic rings. The Kier molecular flexibility index (Phi) is 6.18. The number of rotatable bonds is 4. The lowest BCUT2D eigenvalue weighted by Crippen LogP contribution is -2.31. The Morgan fingerprint density at radius 3 is 2.56 bits per heavy atom. The molecule has 3 aromatic heterocycles. The Morgan fingerprint density at radius 1 is 1.12 bits per heavy atom. The van der Waals surface area contributed by atoms with Gasteiger partial charge in [-0.2, -0.15) is 13.2 Å². The second-order valence-electron chi connectivity index (χ2n) is 7.38. The van der Waals surface area contributed by atoms with Crippen LogP contribution >= 0.6 is 11.3 Å². The third-order valence-electron chi connectivity index (χ3n) is 5.36. The molecular formula is C21H22F3N5O2S. The predicted octanol–water partition coefficient (Wildman–Crippen LogP) is 4.31. The normalized spacial score (nSPS) is 15.2. The number of aromatic nitrogens is 3. The molecule has 0 radical (unpaired) electrons. The second-order valence-corrected chi connectivity index (χ2v) is 8.38. The summed E-state index contributed by atoms with van der Waals surface area (Å²) in [5.41, 5.74) is 0.0379. The van der Waals surface area contributed by atoms with Crippen LogP contribution in [0.15, 0.2) is 24.7 Å². The molecule has 11 heteroatoms. The van der Waals surface area contributed by atoms with Gasteiger partial charge in [0.05, 0.1) is 17.6 Å². The first-order chi connectivity index (χ1) is 15.3. The van der Waals surface area contributed by atoms with E-state index in [2.05, 4.69) is 19.9 Å². The topological polar surface area (TPSA) is 71.5 Å². The number of nitrogens with zero attached hydrogens (tertiary/aromatic N) is 5. The molecule has 0 aliphatic carbocycles. The molecule has 0 amide bonds. The molecule has 0 bridgehead atoms. The Hall–Kier alpha value is -2.95. The number of halogens is 3. The van der Waals surface area contributed by atoms with Crippen molar-refractivity contribution >= 4 is 39.2 Å². The van der Waals surface area contributed by atoms with Crippen LogP contribution < -0.4 is 9.80 Å². The van der Waals surface area contributed by atoms with Crippen LogP contribution in [0.1, 0.15) is 34.1 Å². The molecule has 0 N–H and O–H groups in total. The maximum Gasteiger partial charge on any atom is 0.417 e. The summed E-state index contributed by atoms with van der Waals surface area (Å²) in [5.74, 6) is 0.903. The van der Waals surface area contributed by atoms with E-state index < -0.39 is 11.7 Å². The summed E-state index contributed by atoms with van der Waals surface area (Å²) in [6.07, 6.45) is -1.26. The number of ether oxygens (including phenoxy) is 1. The molecule has 170 valence electrons. The van der Waals surface area contributed by atoms with Crippen molar-refractivity contribution in [3.05, 3.63) is 40.7 Å². The molecule has 0 spiro atoms. The lowest BCUT2D eigenvalue weighted by Gasteiger charge is -2.24. The second kappa shape index (κ2) is 8.89. The van der Waals surface area contributed by atoms with Crippen molar-refractivity contribution in [3.8, 4) is 0 Å². The largest absolute Gasteiger partial charge is 0.462 e. The lowest BCUT2D eigenvalue weighted by atomic mass is 10.2. The summed E-state index contributed by atoms with van der Waals surface area (Å²) in [4.78, 5) is 30.5. The first-order valence-corrected chi connectivity index (χ1v) is 11.1. The van der Waals surface area contributed by atoms with Gasteiger partial charge in [-0.1, -0.05) is 0 Å². The molecule has 0 unspecified atom stereocenters. The number of aryl methyl sites for hydroxylation is 1. The van der Waals surface area contributed by atoms with Gasteiger partial charge < -0.3 is 14.5 Å². The van der Waals surface area contributed by atoms with E-state index in [1.807, 2.05) is 11.8 Å². The first-order valence-electron chi connectivity index (χ1n) is 10.2. The van der Waals surface area contributed by atoms with Gasteiger partial charge in [0.25, 0.3) is 0 Å². The van der Waals surface area contributed by atoms with Crippen LogP contribution in [0.2, 0.25) is 0 Å². The van der Waals surface area contributed by atoms with Gasteiger partial charge in [-0.3, -0.25) is 0 Å². The van der Waals surface area contributed by atoms with E-state index in [1.165, 1.54) is 23.7 Å². The molecule has 32 heavy (non-hydrogen) atoms. The van der Waals surface area contributed by atoms with Gasteiger partial charge in [0.1, 0.15) is 27.7 Å². The summed E-state index contributed by atoms with van der Waals surface area (Å²) in [6.45, 7) is 6.50. The average Bonchev–Trinajstić information content (AvgIpc) is 2.95. The molecular weight excluding hydrogens is 443 g/mol. The van der Waals surface area contributed by atoms with Crippen molar-refractivity contribution in [1.29, 1.82) is 0 Å². The maximum absolute atomic E-state index is 12.8. The fourth-order valence-electron chi connectivity index (χ4n) is 3.78. The average molecular weight is 466 g/mol. The number of carbonyl (C=O) groups is 1. The number of fused-ring (bicyclic) bond motifs is 1. The van der Waals surface area contributed by atoms with Gasteiger partial charge in [0, 0.05) is 32.4 Å². The van der Waals surface area contributed by atoms with Gasteiger partial charge in [0.2, 0.25) is 0 Å². The van der Waals surface area contributed by atoms with Crippen molar-refractivity contribution in [2.24, 2.45) is 0 Å². The molecule has 1 aliphatic rings. The minimum atomic E-state index is -4.40. The summed E-state index contributed by atoms with van der Waals surface area (Å²) < 4.78 is 43.6. The smallest absolute Gasteiger partial charge is 0.417 e. The quantitative estimate of drug-likeness (QED) is 0.532. The van der Waals surface area contributed by atoms with Crippen LogP contribution in [0, 0.1) is 6.92 Å². The van der Waals surface area contributed by atoms with Gasteiger partial charge in [0.15, 0.2) is 0 Å². The Balaban J connectivity index is 1.56. The number of pyridine rings is 1. The van der Waals surface area contributed by atoms with Crippen LogP contribution in [0.25, 0.3) is 10.2 Å². The van der Waals surface area contributed by atoms with Crippen molar-refractivity contribution in [3.63, 3.8) is 0 Å². The minimum Gasteiger partial charge on any atom is -0.462 e. The van der Waals surface area contributed by atoms with E-state index in [0.717, 1.165) is 40.3 Å². The number of hydrogen-bond acceptors (Lipinski definition) is 8. The van der Waals surface area contributed by atoms with Crippen molar-refractivity contribution < 1.29 is 22.7 Å². The SMILES string of the molecule is CCOC(=O)c1sc2ncnc(N3CCCN(c4ccc(C(F)(F)F)cn4)CC3)c2c1C. The summed E-state index contributed by atoms with van der Waals surface area (Å²) in [7, 11) is 0. The number of carbonyl (C=O) groups excluding carboxylic acids is 1. The molecule has 1 saturated heterocycles. The predicted molar refractivity (Wildman–Crippen MR) is 116 cm³/mol. The Morgan fingerprint density at radius 2 is 1.88 bits per heavy atom. The van der Waals surface area contributed by atoms with Gasteiger partial charge >= 0.3 is 12.1 Å². The summed E-state index contributed by atoms with van der Waals surface area (Å²) in [6, 6.07) is 2.47. The van der Waals surface area contributed by atoms with Crippen LogP contribution in [0.5, 0.6) is 0 Å². The van der Waals surface area contributed by atoms with E-state index in [0.29, 0.717) is 43.5 Å². The highest BCUT2D eigenvalue weighted by atomic mass is 32.1. The zero-order valence-corrected chi connectivity index (χ0v) is 18.5. The molecule has 1 aliphatic heterocycles. The van der Waals surface area contributed by atoms with Crippen LogP contribution in [0.4, 0.5) is 24.8 Å². The highest BCUT2D eigenvalue weighted by Crippen LogP contribution is 2.36. The van der Waals surface area contributed by atoms with E-state index in [9.17, 15) is 18.0 Å². The molecule has 0 saturated carbocycles. The number of hydrogen-bond donors (Lipinski definition) is 0. The molecule has 4 heterocycles. The van der Waals surface area contributed by atoms with Gasteiger partial charge in [-0.05, 0) is 38.0 Å². The molecule has 4 rings (SSSR count). The van der Waals surface area contributed by atoms with Crippen LogP contribution in [-0.2, 0) is 10.9 Å². The zero-order valence-electron chi connectivity index (χ0n) is 17.6. The van der Waals surface area contributed by atoms with E-state index in [4.69, 9.17) is 4.74 Å². The zero-order chi connectivity index (χ0) is 22.9. The minimum absolute atomic E-state index is 0.297. The summed E-state index contributed by atoms with van der Waals surface area (Å²) >= 11 is 1.29. The van der Waals surface area contributed by atoms with Crippen molar-refractivity contribution in [2.75, 3.05) is 42.6 Å². The van der Waals surface area contributed by atoms with E-state index >= 15 is 0 Å².